The van der Waals surface area contributed by atoms with Crippen LogP contribution in [-0.2, 0) is 9.53 Å². The summed E-state index contributed by atoms with van der Waals surface area (Å²) in [5.41, 5.74) is 0. The molecule has 1 saturated heterocycles. The van der Waals surface area contributed by atoms with Crippen molar-refractivity contribution in [2.45, 2.75) is 244 Å². The maximum atomic E-state index is 12.5. The second-order valence-electron chi connectivity index (χ2n) is 14.8. The van der Waals surface area contributed by atoms with Gasteiger partial charge in [0, 0.05) is 0 Å². The zero-order chi connectivity index (χ0) is 34.0. The molecule has 0 aliphatic carbocycles. The van der Waals surface area contributed by atoms with Gasteiger partial charge in [-0.2, -0.15) is 0 Å². The van der Waals surface area contributed by atoms with Crippen molar-refractivity contribution in [1.82, 2.24) is 5.32 Å². The largest absolute Gasteiger partial charge is 0.388 e. The summed E-state index contributed by atoms with van der Waals surface area (Å²) in [5, 5.41) is 23.8. The van der Waals surface area contributed by atoms with Crippen LogP contribution in [0.1, 0.15) is 219 Å². The molecule has 278 valence electrons. The van der Waals surface area contributed by atoms with Gasteiger partial charge in [0.05, 0.1) is 18.8 Å². The summed E-state index contributed by atoms with van der Waals surface area (Å²) >= 11 is 0. The third-order valence-electron chi connectivity index (χ3n) is 10.2. The highest BCUT2D eigenvalue weighted by molar-refractivity contribution is 5.80. The zero-order valence-electron chi connectivity index (χ0n) is 31.5. The molecule has 1 amide bonds. The molecule has 1 rings (SSSR count). The first-order chi connectivity index (χ1) is 23.1. The van der Waals surface area contributed by atoms with Crippen molar-refractivity contribution < 1.29 is 19.7 Å². The third-order valence-corrected chi connectivity index (χ3v) is 10.2. The van der Waals surface area contributed by atoms with Gasteiger partial charge in [-0.15, -0.1) is 0 Å². The van der Waals surface area contributed by atoms with E-state index in [1.807, 2.05) is 0 Å². The van der Waals surface area contributed by atoms with Crippen LogP contribution in [0.5, 0.6) is 0 Å². The molecule has 1 fully saturated rings. The number of carbonyl (C=O) groups excluding carboxylic acids is 1. The van der Waals surface area contributed by atoms with E-state index in [1.165, 1.54) is 161 Å². The number of aliphatic hydroxyl groups is 2. The highest BCUT2D eigenvalue weighted by atomic mass is 16.5. The van der Waals surface area contributed by atoms with E-state index in [-0.39, 0.29) is 12.0 Å². The lowest BCUT2D eigenvalue weighted by molar-refractivity contribution is -0.131. The van der Waals surface area contributed by atoms with Gasteiger partial charge in [-0.1, -0.05) is 193 Å². The molecule has 0 aromatic heterocycles. The predicted octanol–water partition coefficient (Wildman–Crippen LogP) is 11.7. The standard InChI is InChI=1S/C42H81NO4/c1-3-5-7-9-11-13-14-15-16-17-18-19-20-21-22-23-24-25-26-28-29-31-33-35-39(44)42(46)43-38-37-47-40(41(38)45)36-34-32-30-27-12-10-8-6-4-2/h27,30,38-41,44-45H,3-26,28-29,31-37H2,1-2H3,(H,43,46). The molecule has 0 radical (unpaired) electrons. The van der Waals surface area contributed by atoms with Gasteiger partial charge < -0.3 is 20.3 Å². The smallest absolute Gasteiger partial charge is 0.249 e. The van der Waals surface area contributed by atoms with E-state index in [0.717, 1.165) is 38.5 Å². The zero-order valence-corrected chi connectivity index (χ0v) is 31.5. The van der Waals surface area contributed by atoms with Gasteiger partial charge in [-0.05, 0) is 38.5 Å². The molecule has 5 nitrogen and oxygen atoms in total. The Morgan fingerprint density at radius 3 is 1.45 bits per heavy atom. The van der Waals surface area contributed by atoms with Crippen LogP contribution in [0.15, 0.2) is 12.2 Å². The van der Waals surface area contributed by atoms with Crippen LogP contribution in [0.3, 0.4) is 0 Å². The maximum absolute atomic E-state index is 12.5. The van der Waals surface area contributed by atoms with Crippen LogP contribution in [0.4, 0.5) is 0 Å². The lowest BCUT2D eigenvalue weighted by Gasteiger charge is -2.20. The summed E-state index contributed by atoms with van der Waals surface area (Å²) in [7, 11) is 0. The Morgan fingerprint density at radius 2 is 1.00 bits per heavy atom. The maximum Gasteiger partial charge on any atom is 0.249 e. The van der Waals surface area contributed by atoms with E-state index in [4.69, 9.17) is 4.74 Å². The van der Waals surface area contributed by atoms with E-state index in [0.29, 0.717) is 13.0 Å². The summed E-state index contributed by atoms with van der Waals surface area (Å²) in [6.07, 6.45) is 43.4. The van der Waals surface area contributed by atoms with Crippen LogP contribution < -0.4 is 5.32 Å². The predicted molar refractivity (Wildman–Crippen MR) is 202 cm³/mol. The number of nitrogens with one attached hydrogen (secondary N) is 1. The lowest BCUT2D eigenvalue weighted by atomic mass is 10.0. The normalized spacial score (nSPS) is 18.8. The number of hydrogen-bond acceptors (Lipinski definition) is 4. The number of allylic oxidation sites excluding steroid dienone is 2. The number of rotatable bonds is 35. The molecule has 1 heterocycles. The van der Waals surface area contributed by atoms with Crippen molar-refractivity contribution in [3.63, 3.8) is 0 Å². The summed E-state index contributed by atoms with van der Waals surface area (Å²) in [4.78, 5) is 12.5. The van der Waals surface area contributed by atoms with Gasteiger partial charge in [-0.25, -0.2) is 0 Å². The van der Waals surface area contributed by atoms with Crippen molar-refractivity contribution in [3.8, 4) is 0 Å². The number of carbonyl (C=O) groups is 1. The van der Waals surface area contributed by atoms with Gasteiger partial charge in [0.25, 0.3) is 0 Å². The highest BCUT2D eigenvalue weighted by Gasteiger charge is 2.37. The van der Waals surface area contributed by atoms with Gasteiger partial charge in [-0.3, -0.25) is 4.79 Å². The Bertz CT molecular complexity index is 698. The second-order valence-corrected chi connectivity index (χ2v) is 14.8. The van der Waals surface area contributed by atoms with Crippen molar-refractivity contribution in [1.29, 1.82) is 0 Å². The van der Waals surface area contributed by atoms with Crippen LogP contribution in [0.25, 0.3) is 0 Å². The Morgan fingerprint density at radius 1 is 0.617 bits per heavy atom. The minimum Gasteiger partial charge on any atom is -0.388 e. The van der Waals surface area contributed by atoms with Crippen LogP contribution in [0.2, 0.25) is 0 Å². The fraction of sp³-hybridized carbons (Fsp3) is 0.929. The van der Waals surface area contributed by atoms with E-state index < -0.39 is 18.2 Å². The molecule has 4 atom stereocenters. The molecule has 5 heteroatoms. The van der Waals surface area contributed by atoms with Crippen LogP contribution in [-0.4, -0.2) is 47.1 Å². The second kappa shape index (κ2) is 33.6. The topological polar surface area (TPSA) is 78.8 Å². The average Bonchev–Trinajstić information content (AvgIpc) is 3.42. The molecule has 0 saturated carbocycles. The third kappa shape index (κ3) is 26.6. The van der Waals surface area contributed by atoms with Gasteiger partial charge in [0.1, 0.15) is 12.2 Å². The van der Waals surface area contributed by atoms with E-state index in [9.17, 15) is 15.0 Å². The molecule has 1 aliphatic heterocycles. The van der Waals surface area contributed by atoms with Crippen molar-refractivity contribution in [2.24, 2.45) is 0 Å². The number of unbranched alkanes of at least 4 members (excludes halogenated alkanes) is 27. The minimum atomic E-state index is -1.00. The Balaban J connectivity index is 1.86. The SMILES string of the molecule is CCCCCCC=CCCCC1OCC(NC(=O)C(O)CCCCCCCCCCCCCCCCCCCCCCCCC)C1O. The molecule has 0 aromatic rings. The highest BCUT2D eigenvalue weighted by Crippen LogP contribution is 2.21. The fourth-order valence-corrected chi connectivity index (χ4v) is 6.96. The Hall–Kier alpha value is -0.910. The van der Waals surface area contributed by atoms with Crippen LogP contribution in [0, 0.1) is 0 Å². The van der Waals surface area contributed by atoms with E-state index in [2.05, 4.69) is 31.3 Å². The lowest BCUT2D eigenvalue weighted by Crippen LogP contribution is -2.48. The Labute approximate surface area is 292 Å². The first kappa shape index (κ1) is 44.1. The van der Waals surface area contributed by atoms with Gasteiger partial charge in [0.15, 0.2) is 0 Å². The molecule has 4 unspecified atom stereocenters. The molecular weight excluding hydrogens is 582 g/mol. The molecule has 0 aromatic carbocycles. The molecule has 3 N–H and O–H groups in total. The van der Waals surface area contributed by atoms with E-state index in [1.54, 1.807) is 0 Å². The minimum absolute atomic E-state index is 0.237. The first-order valence-electron chi connectivity index (χ1n) is 21.0. The van der Waals surface area contributed by atoms with Gasteiger partial charge >= 0.3 is 0 Å². The van der Waals surface area contributed by atoms with Gasteiger partial charge in [0.2, 0.25) is 5.91 Å². The average molecular weight is 664 g/mol. The quantitative estimate of drug-likeness (QED) is 0.0466. The summed E-state index contributed by atoms with van der Waals surface area (Å²) in [6, 6.07) is -0.425. The molecule has 1 aliphatic rings. The molecule has 0 bridgehead atoms. The number of amides is 1. The van der Waals surface area contributed by atoms with Crippen molar-refractivity contribution in [3.05, 3.63) is 12.2 Å². The Kier molecular flexibility index (Phi) is 31.5. The van der Waals surface area contributed by atoms with Crippen LogP contribution >= 0.6 is 0 Å². The summed E-state index contributed by atoms with van der Waals surface area (Å²) in [5.74, 6) is -0.372. The molecular formula is C42H81NO4. The molecule has 0 spiro atoms. The summed E-state index contributed by atoms with van der Waals surface area (Å²) < 4.78 is 5.77. The fourth-order valence-electron chi connectivity index (χ4n) is 6.96. The first-order valence-corrected chi connectivity index (χ1v) is 21.0. The van der Waals surface area contributed by atoms with E-state index >= 15 is 0 Å². The summed E-state index contributed by atoms with van der Waals surface area (Å²) in [6.45, 7) is 4.84. The number of aliphatic hydroxyl groups excluding tert-OH is 2. The monoisotopic (exact) mass is 664 g/mol. The van der Waals surface area contributed by atoms with Crippen molar-refractivity contribution in [2.75, 3.05) is 6.61 Å². The number of hydrogen-bond donors (Lipinski definition) is 3. The number of ether oxygens (including phenoxy) is 1. The van der Waals surface area contributed by atoms with Crippen molar-refractivity contribution >= 4 is 5.91 Å². The molecule has 47 heavy (non-hydrogen) atoms.